The number of thiophene rings is 2. The molecule has 2 aliphatic heterocycles. The second-order valence-electron chi connectivity index (χ2n) is 12.0. The molecule has 2 fully saturated rings. The smallest absolute Gasteiger partial charge is 0.277 e. The van der Waals surface area contributed by atoms with E-state index in [2.05, 4.69) is 9.80 Å². The van der Waals surface area contributed by atoms with Crippen LogP contribution in [-0.4, -0.2) is 90.9 Å². The summed E-state index contributed by atoms with van der Waals surface area (Å²) >= 11 is 2.63. The zero-order chi connectivity index (χ0) is 33.9. The number of rotatable bonds is 6. The monoisotopic (exact) mass is 709 g/mol. The van der Waals surface area contributed by atoms with E-state index >= 15 is 0 Å². The Bertz CT molecular complexity index is 2360. The summed E-state index contributed by atoms with van der Waals surface area (Å²) in [5, 5.41) is 1.50. The first kappa shape index (κ1) is 30.9. The van der Waals surface area contributed by atoms with Gasteiger partial charge in [-0.1, -0.05) is 0 Å². The Hall–Kier alpha value is -5.09. The lowest BCUT2D eigenvalue weighted by Crippen LogP contribution is -2.40. The van der Waals surface area contributed by atoms with Crippen molar-refractivity contribution < 1.29 is 18.9 Å². The van der Waals surface area contributed by atoms with Crippen molar-refractivity contribution in [2.45, 2.75) is 0 Å². The maximum atomic E-state index is 14.4. The van der Waals surface area contributed by atoms with E-state index in [0.29, 0.717) is 117 Å². The SMILES string of the molecule is COc1ccc(-n2c(N3CCOCC3)nc3c(sc4nc5sc6c(=O)n(-c7ccc(OC)cc7)c(N7CCOCC7)nc6c5cc43)c2=O)cc1. The number of methoxy groups -OCH3 is 2. The molecule has 0 amide bonds. The largest absolute Gasteiger partial charge is 0.497 e. The van der Waals surface area contributed by atoms with E-state index in [1.807, 2.05) is 54.6 Å². The van der Waals surface area contributed by atoms with E-state index < -0.39 is 0 Å². The molecule has 0 bridgehead atoms. The van der Waals surface area contributed by atoms with Crippen LogP contribution in [0.2, 0.25) is 0 Å². The highest BCUT2D eigenvalue weighted by Crippen LogP contribution is 2.39. The first-order chi connectivity index (χ1) is 24.5. The molecule has 5 aromatic heterocycles. The number of hydrogen-bond donors (Lipinski definition) is 0. The molecule has 0 aliphatic carbocycles. The Morgan fingerprint density at radius 3 is 1.38 bits per heavy atom. The van der Waals surface area contributed by atoms with E-state index in [-0.39, 0.29) is 11.1 Å². The Balaban J connectivity index is 1.28. The van der Waals surface area contributed by atoms with E-state index in [4.69, 9.17) is 33.9 Å². The summed E-state index contributed by atoms with van der Waals surface area (Å²) in [6.07, 6.45) is 0. The second-order valence-corrected chi connectivity index (χ2v) is 14.0. The molecule has 0 radical (unpaired) electrons. The minimum absolute atomic E-state index is 0.173. The van der Waals surface area contributed by atoms with Gasteiger partial charge in [-0.3, -0.25) is 9.59 Å². The van der Waals surface area contributed by atoms with E-state index in [0.717, 1.165) is 10.8 Å². The summed E-state index contributed by atoms with van der Waals surface area (Å²) in [6, 6.07) is 16.8. The lowest BCUT2D eigenvalue weighted by atomic mass is 10.2. The number of anilines is 2. The number of pyridine rings is 1. The predicted molar refractivity (Wildman–Crippen MR) is 196 cm³/mol. The van der Waals surface area contributed by atoms with Crippen LogP contribution in [0.5, 0.6) is 11.5 Å². The van der Waals surface area contributed by atoms with Crippen LogP contribution in [0.25, 0.3) is 52.2 Å². The first-order valence-corrected chi connectivity index (χ1v) is 17.9. The van der Waals surface area contributed by atoms with Gasteiger partial charge < -0.3 is 28.7 Å². The zero-order valence-corrected chi connectivity index (χ0v) is 28.9. The van der Waals surface area contributed by atoms with E-state index in [9.17, 15) is 9.59 Å². The summed E-state index contributed by atoms with van der Waals surface area (Å²) in [6.45, 7) is 4.55. The van der Waals surface area contributed by atoms with Crippen molar-refractivity contribution in [3.05, 3.63) is 75.3 Å². The summed E-state index contributed by atoms with van der Waals surface area (Å²) in [5.74, 6) is 2.48. The number of ether oxygens (including phenoxy) is 4. The quantitative estimate of drug-likeness (QED) is 0.241. The van der Waals surface area contributed by atoms with Crippen molar-refractivity contribution in [2.75, 3.05) is 76.6 Å². The van der Waals surface area contributed by atoms with Gasteiger partial charge in [0.05, 0.1) is 52.0 Å². The Morgan fingerprint density at radius 2 is 1.00 bits per heavy atom. The molecule has 2 aliphatic rings. The van der Waals surface area contributed by atoms with Gasteiger partial charge in [0, 0.05) is 37.0 Å². The van der Waals surface area contributed by atoms with Crippen LogP contribution in [0, 0.1) is 0 Å². The highest BCUT2D eigenvalue weighted by molar-refractivity contribution is 7.27. The van der Waals surface area contributed by atoms with Crippen molar-refractivity contribution in [3.63, 3.8) is 0 Å². The van der Waals surface area contributed by atoms with Crippen molar-refractivity contribution in [1.29, 1.82) is 0 Å². The molecule has 7 heterocycles. The standard InChI is InChI=1S/C35H31N7O6S2/c1-45-22-7-3-20(4-8-22)41-32(43)28-26(36-34(41)39-11-15-47-16-12-39)24-19-25-27-29(50-31(25)38-30(24)49-28)33(44)42(21-5-9-23(46-2)10-6-21)35(37-27)40-13-17-48-18-14-40/h3-10,19H,11-18H2,1-2H3. The molecule has 13 nitrogen and oxygen atoms in total. The van der Waals surface area contributed by atoms with Crippen LogP contribution >= 0.6 is 22.7 Å². The van der Waals surface area contributed by atoms with Crippen molar-refractivity contribution in [3.8, 4) is 22.9 Å². The van der Waals surface area contributed by atoms with Crippen LogP contribution in [0.3, 0.4) is 0 Å². The molecule has 0 atom stereocenters. The highest BCUT2D eigenvalue weighted by Gasteiger charge is 2.26. The fraction of sp³-hybridized carbons (Fsp3) is 0.286. The van der Waals surface area contributed by atoms with Crippen molar-refractivity contribution in [2.24, 2.45) is 0 Å². The van der Waals surface area contributed by atoms with Gasteiger partial charge in [0.2, 0.25) is 11.9 Å². The van der Waals surface area contributed by atoms with Gasteiger partial charge >= 0.3 is 0 Å². The fourth-order valence-corrected chi connectivity index (χ4v) is 8.70. The molecule has 9 rings (SSSR count). The summed E-state index contributed by atoms with van der Waals surface area (Å²) < 4.78 is 26.3. The third-order valence-corrected chi connectivity index (χ3v) is 11.3. The number of aromatic nitrogens is 5. The Morgan fingerprint density at radius 1 is 0.600 bits per heavy atom. The lowest BCUT2D eigenvalue weighted by molar-refractivity contribution is 0.121. The van der Waals surface area contributed by atoms with Crippen LogP contribution in [0.1, 0.15) is 0 Å². The van der Waals surface area contributed by atoms with Crippen molar-refractivity contribution in [1.82, 2.24) is 24.1 Å². The second kappa shape index (κ2) is 12.4. The van der Waals surface area contributed by atoms with Gasteiger partial charge in [-0.25, -0.2) is 24.1 Å². The number of fused-ring (bicyclic) bond motifs is 6. The number of hydrogen-bond acceptors (Lipinski definition) is 13. The predicted octanol–water partition coefficient (Wildman–Crippen LogP) is 4.60. The minimum atomic E-state index is -0.173. The third kappa shape index (κ3) is 4.99. The Labute approximate surface area is 292 Å². The third-order valence-electron chi connectivity index (χ3n) is 9.16. The minimum Gasteiger partial charge on any atom is -0.497 e. The average Bonchev–Trinajstić information content (AvgIpc) is 3.72. The molecule has 0 N–H and O–H groups in total. The molecule has 2 saturated heterocycles. The highest BCUT2D eigenvalue weighted by atomic mass is 32.1. The van der Waals surface area contributed by atoms with Gasteiger partial charge in [-0.15, -0.1) is 22.7 Å². The maximum Gasteiger partial charge on any atom is 0.277 e. The molecule has 0 saturated carbocycles. The molecular formula is C35H31N7O6S2. The number of benzene rings is 2. The molecule has 0 spiro atoms. The number of morpholine rings is 2. The van der Waals surface area contributed by atoms with E-state index in [1.165, 1.54) is 22.7 Å². The van der Waals surface area contributed by atoms with Crippen LogP contribution in [0.15, 0.2) is 64.2 Å². The van der Waals surface area contributed by atoms with Gasteiger partial charge in [0.25, 0.3) is 11.1 Å². The van der Waals surface area contributed by atoms with Gasteiger partial charge in [-0.2, -0.15) is 0 Å². The average molecular weight is 710 g/mol. The topological polar surface area (TPSA) is 126 Å². The normalized spacial score (nSPS) is 15.5. The van der Waals surface area contributed by atoms with E-state index in [1.54, 1.807) is 23.4 Å². The molecule has 0 unspecified atom stereocenters. The first-order valence-electron chi connectivity index (χ1n) is 16.2. The molecular weight excluding hydrogens is 679 g/mol. The molecule has 7 aromatic rings. The summed E-state index contributed by atoms with van der Waals surface area (Å²) in [5.41, 5.74) is 2.19. The van der Waals surface area contributed by atoms with Crippen LogP contribution < -0.4 is 30.4 Å². The summed E-state index contributed by atoms with van der Waals surface area (Å²) in [7, 11) is 3.23. The number of nitrogens with zero attached hydrogens (tertiary/aromatic N) is 7. The van der Waals surface area contributed by atoms with Gasteiger partial charge in [0.15, 0.2) is 0 Å². The van der Waals surface area contributed by atoms with Gasteiger partial charge in [-0.05, 0) is 54.6 Å². The van der Waals surface area contributed by atoms with Crippen LogP contribution in [-0.2, 0) is 9.47 Å². The zero-order valence-electron chi connectivity index (χ0n) is 27.2. The fourth-order valence-electron chi connectivity index (χ4n) is 6.59. The summed E-state index contributed by atoms with van der Waals surface area (Å²) in [4.78, 5) is 49.6. The molecule has 254 valence electrons. The molecule has 50 heavy (non-hydrogen) atoms. The lowest BCUT2D eigenvalue weighted by Gasteiger charge is -2.29. The molecule has 2 aromatic carbocycles. The maximum absolute atomic E-state index is 14.4. The molecule has 15 heteroatoms. The van der Waals surface area contributed by atoms with Crippen molar-refractivity contribution >= 4 is 75.4 Å². The van der Waals surface area contributed by atoms with Crippen LogP contribution in [0.4, 0.5) is 11.9 Å². The Kier molecular flexibility index (Phi) is 7.64. The van der Waals surface area contributed by atoms with Gasteiger partial charge in [0.1, 0.15) is 41.6 Å².